The first kappa shape index (κ1) is 33.2. The minimum Gasteiger partial charge on any atom is -1.00 e. The van der Waals surface area contributed by atoms with Crippen LogP contribution in [-0.2, 0) is 23.9 Å². The van der Waals surface area contributed by atoms with Gasteiger partial charge in [-0.05, 0) is 6.42 Å². The molecule has 0 bridgehead atoms. The van der Waals surface area contributed by atoms with E-state index in [1.165, 1.54) is 38.5 Å². The van der Waals surface area contributed by atoms with Crippen LogP contribution in [0.1, 0.15) is 99.7 Å². The monoisotopic (exact) mass is 446 g/mol. The topological polar surface area (TPSA) is 170 Å². The van der Waals surface area contributed by atoms with Gasteiger partial charge in [0.15, 0.2) is 0 Å². The van der Waals surface area contributed by atoms with Crippen LogP contribution in [0.15, 0.2) is 0 Å². The Morgan fingerprint density at radius 3 is 1.43 bits per heavy atom. The number of unbranched alkanes of at least 4 members (excludes halogenated alkanes) is 10. The minimum atomic E-state index is -2.58. The summed E-state index contributed by atoms with van der Waals surface area (Å²) in [6, 6.07) is 0. The molecule has 0 radical (unpaired) electrons. The molecular weight excluding hydrogens is 409 g/mol. The predicted molar refractivity (Wildman–Crippen MR) is 114 cm³/mol. The fraction of sp³-hybridized carbons (Fsp3) is 0.800. The molecule has 9 nitrogen and oxygen atoms in total. The maximum absolute atomic E-state index is 11.9. The molecule has 0 saturated heterocycles. The van der Waals surface area contributed by atoms with E-state index in [-0.39, 0.29) is 37.8 Å². The van der Waals surface area contributed by atoms with Crippen LogP contribution in [0.2, 0.25) is 0 Å². The van der Waals surface area contributed by atoms with Crippen LogP contribution >= 0.6 is 0 Å². The van der Waals surface area contributed by atoms with E-state index in [2.05, 4.69) is 6.92 Å². The van der Waals surface area contributed by atoms with Crippen LogP contribution in [0.5, 0.6) is 0 Å². The zero-order valence-electron chi connectivity index (χ0n) is 20.0. The third kappa shape index (κ3) is 16.4. The summed E-state index contributed by atoms with van der Waals surface area (Å²) in [5, 5.41) is 26.9. The second-order valence-corrected chi connectivity index (χ2v) is 7.20. The number of aliphatic carboxylic acids is 3. The summed E-state index contributed by atoms with van der Waals surface area (Å²) in [5.74, 6) is -5.76. The Balaban J connectivity index is -0.000000607. The summed E-state index contributed by atoms with van der Waals surface area (Å²) in [5.41, 5.74) is -2.58. The summed E-state index contributed by atoms with van der Waals surface area (Å²) in [6.45, 7) is 2.19. The van der Waals surface area contributed by atoms with Crippen LogP contribution in [-0.4, -0.2) is 73.3 Å². The summed E-state index contributed by atoms with van der Waals surface area (Å²) in [4.78, 5) is 45.1. The Bertz CT molecular complexity index is 503. The molecule has 30 heavy (non-hydrogen) atoms. The number of carbonyl (C=O) groups excluding carboxylic acids is 1. The van der Waals surface area contributed by atoms with Crippen LogP contribution in [0.4, 0.5) is 0 Å². The van der Waals surface area contributed by atoms with Gasteiger partial charge in [-0.1, -0.05) is 71.1 Å². The second-order valence-electron chi connectivity index (χ2n) is 7.20. The molecule has 0 saturated carbocycles. The molecule has 0 spiro atoms. The van der Waals surface area contributed by atoms with Crippen molar-refractivity contribution in [3.8, 4) is 0 Å². The summed E-state index contributed by atoms with van der Waals surface area (Å²) >= 11 is 0. The van der Waals surface area contributed by atoms with Crippen molar-refractivity contribution in [1.82, 2.24) is 0 Å². The van der Waals surface area contributed by atoms with Crippen molar-refractivity contribution in [3.05, 3.63) is 0 Å². The average molecular weight is 447 g/mol. The molecule has 0 aliphatic heterocycles. The quantitative estimate of drug-likeness (QED) is 0.164. The number of carbonyl (C=O) groups is 4. The van der Waals surface area contributed by atoms with Crippen molar-refractivity contribution in [1.29, 1.82) is 0 Å². The zero-order chi connectivity index (χ0) is 21.4. The number of esters is 1. The fourth-order valence-corrected chi connectivity index (χ4v) is 3.02. The van der Waals surface area contributed by atoms with E-state index >= 15 is 0 Å². The van der Waals surface area contributed by atoms with Crippen molar-refractivity contribution >= 4 is 46.9 Å². The first-order valence-electron chi connectivity index (χ1n) is 10.1. The van der Waals surface area contributed by atoms with E-state index in [9.17, 15) is 24.3 Å². The number of ether oxygens (including phenoxy) is 1. The molecule has 0 fully saturated rings. The first-order chi connectivity index (χ1) is 13.2. The number of carboxylic acids is 3. The zero-order valence-corrected chi connectivity index (χ0v) is 19.4. The van der Waals surface area contributed by atoms with E-state index in [0.717, 1.165) is 25.7 Å². The first-order valence-corrected chi connectivity index (χ1v) is 10.1. The van der Waals surface area contributed by atoms with Gasteiger partial charge < -0.3 is 28.4 Å². The normalized spacial score (nSPS) is 10.4. The molecule has 174 valence electrons. The standard InChI is InChI=1S/C20H34O8.Mg.H2O.2H/c1-2-3-4-5-6-7-8-9-10-11-12-13-18(25)28-20(19(26)27,14-16(21)22)15-17(23)24;;;;/h2-15H2,1H3,(H,21,22)(H,23,24)(H,26,27);;1H2;;/q;+2;;2*-1. The SMILES string of the molecule is CCCCCCCCCCCCCC(=O)OC(CC(=O)O)(CC(=O)O)C(=O)O.O.[H-].[H-].[Mg+2]. The Morgan fingerprint density at radius 2 is 1.10 bits per heavy atom. The molecular formula is C20H38MgO9. The van der Waals surface area contributed by atoms with Gasteiger partial charge in [0.25, 0.3) is 0 Å². The van der Waals surface area contributed by atoms with Crippen LogP contribution < -0.4 is 0 Å². The van der Waals surface area contributed by atoms with E-state index in [0.29, 0.717) is 6.42 Å². The van der Waals surface area contributed by atoms with Crippen molar-refractivity contribution < 1.29 is 47.6 Å². The van der Waals surface area contributed by atoms with Gasteiger partial charge in [0.05, 0.1) is 12.8 Å². The van der Waals surface area contributed by atoms with Crippen LogP contribution in [0.25, 0.3) is 0 Å². The van der Waals surface area contributed by atoms with E-state index < -0.39 is 42.3 Å². The van der Waals surface area contributed by atoms with Crippen molar-refractivity contribution in [2.24, 2.45) is 0 Å². The Labute approximate surface area is 197 Å². The predicted octanol–water partition coefficient (Wildman–Crippen LogP) is 3.02. The largest absolute Gasteiger partial charge is 2.00 e. The number of hydrogen-bond acceptors (Lipinski definition) is 5. The molecule has 0 aliphatic rings. The summed E-state index contributed by atoms with van der Waals surface area (Å²) in [6.07, 6.45) is 9.73. The maximum atomic E-state index is 11.9. The van der Waals surface area contributed by atoms with Crippen molar-refractivity contribution in [3.63, 3.8) is 0 Å². The van der Waals surface area contributed by atoms with Crippen molar-refractivity contribution in [2.75, 3.05) is 0 Å². The van der Waals surface area contributed by atoms with Gasteiger partial charge in [0.1, 0.15) is 0 Å². The Morgan fingerprint density at radius 1 is 0.733 bits per heavy atom. The smallest absolute Gasteiger partial charge is 1.00 e. The molecule has 0 aliphatic carbocycles. The summed E-state index contributed by atoms with van der Waals surface area (Å²) < 4.78 is 4.81. The van der Waals surface area contributed by atoms with Gasteiger partial charge in [-0.2, -0.15) is 0 Å². The third-order valence-electron chi connectivity index (χ3n) is 4.56. The molecule has 10 heteroatoms. The maximum Gasteiger partial charge on any atom is 2.00 e. The molecule has 0 heterocycles. The van der Waals surface area contributed by atoms with E-state index in [4.69, 9.17) is 14.9 Å². The van der Waals surface area contributed by atoms with Gasteiger partial charge in [0.2, 0.25) is 5.60 Å². The minimum absolute atomic E-state index is 0. The fourth-order valence-electron chi connectivity index (χ4n) is 3.02. The second kappa shape index (κ2) is 19.6. The summed E-state index contributed by atoms with van der Waals surface area (Å²) in [7, 11) is 0. The van der Waals surface area contributed by atoms with Crippen molar-refractivity contribution in [2.45, 2.75) is 102 Å². The Kier molecular flexibility index (Phi) is 21.7. The van der Waals surface area contributed by atoms with Gasteiger partial charge in [-0.3, -0.25) is 14.4 Å². The molecule has 0 aromatic carbocycles. The van der Waals surface area contributed by atoms with Gasteiger partial charge in [0, 0.05) is 6.42 Å². The van der Waals surface area contributed by atoms with Crippen LogP contribution in [0, 0.1) is 0 Å². The number of hydrogen-bond donors (Lipinski definition) is 3. The molecule has 0 unspecified atom stereocenters. The average Bonchev–Trinajstić information content (AvgIpc) is 2.58. The molecule has 0 aromatic heterocycles. The van der Waals surface area contributed by atoms with Gasteiger partial charge in [-0.25, -0.2) is 4.79 Å². The van der Waals surface area contributed by atoms with Gasteiger partial charge in [-0.15, -0.1) is 0 Å². The van der Waals surface area contributed by atoms with E-state index in [1.807, 2.05) is 0 Å². The molecule has 0 aromatic rings. The van der Waals surface area contributed by atoms with Crippen LogP contribution in [0.3, 0.4) is 0 Å². The third-order valence-corrected chi connectivity index (χ3v) is 4.56. The molecule has 0 rings (SSSR count). The molecule has 0 amide bonds. The number of rotatable bonds is 18. The number of carboxylic acid groups (broad SMARTS) is 3. The molecule has 0 atom stereocenters. The Hall–Kier alpha value is -1.39. The van der Waals surface area contributed by atoms with E-state index in [1.54, 1.807) is 0 Å². The molecule has 5 N–H and O–H groups in total. The van der Waals surface area contributed by atoms with Gasteiger partial charge >= 0.3 is 46.9 Å².